The van der Waals surface area contributed by atoms with E-state index in [0.29, 0.717) is 6.04 Å². The Balaban J connectivity index is 1.45. The summed E-state index contributed by atoms with van der Waals surface area (Å²) in [5, 5.41) is 0. The van der Waals surface area contributed by atoms with Crippen molar-refractivity contribution < 1.29 is 9.15 Å². The number of furan rings is 1. The van der Waals surface area contributed by atoms with Gasteiger partial charge in [0.05, 0.1) is 43.5 Å². The molecule has 0 saturated carbocycles. The molecule has 2 aromatic heterocycles. The van der Waals surface area contributed by atoms with Gasteiger partial charge in [-0.05, 0) is 31.5 Å². The summed E-state index contributed by atoms with van der Waals surface area (Å²) >= 11 is 0. The second-order valence-corrected chi connectivity index (χ2v) is 6.53. The Labute approximate surface area is 142 Å². The summed E-state index contributed by atoms with van der Waals surface area (Å²) in [5.74, 6) is 1.01. The van der Waals surface area contributed by atoms with Crippen molar-refractivity contribution in [3.05, 3.63) is 47.9 Å². The number of nitrogens with zero attached hydrogens (tertiary/aromatic N) is 4. The van der Waals surface area contributed by atoms with Gasteiger partial charge in [0, 0.05) is 32.0 Å². The summed E-state index contributed by atoms with van der Waals surface area (Å²) in [5.41, 5.74) is 2.14. The summed E-state index contributed by atoms with van der Waals surface area (Å²) in [7, 11) is 0. The summed E-state index contributed by atoms with van der Waals surface area (Å²) in [6.07, 6.45) is 7.89. The quantitative estimate of drug-likeness (QED) is 0.839. The molecule has 2 aliphatic heterocycles. The first-order chi connectivity index (χ1) is 11.9. The molecule has 24 heavy (non-hydrogen) atoms. The molecule has 2 aromatic rings. The third kappa shape index (κ3) is 3.66. The van der Waals surface area contributed by atoms with Crippen LogP contribution in [-0.2, 0) is 17.8 Å². The fourth-order valence-corrected chi connectivity index (χ4v) is 3.60. The molecule has 2 aliphatic rings. The molecule has 128 valence electrons. The molecule has 2 fully saturated rings. The first kappa shape index (κ1) is 15.7. The van der Waals surface area contributed by atoms with E-state index >= 15 is 0 Å². The third-order valence-corrected chi connectivity index (χ3v) is 4.84. The molecule has 1 atom stereocenters. The number of morpholine rings is 1. The van der Waals surface area contributed by atoms with Crippen LogP contribution in [0.15, 0.2) is 35.2 Å². The lowest BCUT2D eigenvalue weighted by Crippen LogP contribution is -2.36. The molecule has 6 nitrogen and oxygen atoms in total. The van der Waals surface area contributed by atoms with Crippen LogP contribution in [0.4, 0.5) is 0 Å². The van der Waals surface area contributed by atoms with Crippen LogP contribution >= 0.6 is 0 Å². The lowest BCUT2D eigenvalue weighted by molar-refractivity contribution is 0.0335. The molecule has 0 bridgehead atoms. The van der Waals surface area contributed by atoms with Gasteiger partial charge in [-0.3, -0.25) is 19.8 Å². The summed E-state index contributed by atoms with van der Waals surface area (Å²) < 4.78 is 10.9. The van der Waals surface area contributed by atoms with Crippen LogP contribution in [0.25, 0.3) is 0 Å². The number of hydrogen-bond donors (Lipinski definition) is 0. The second-order valence-electron chi connectivity index (χ2n) is 6.53. The van der Waals surface area contributed by atoms with E-state index in [2.05, 4.69) is 14.8 Å². The number of likely N-dealkylation sites (tertiary alicyclic amines) is 1. The highest BCUT2D eigenvalue weighted by atomic mass is 16.5. The van der Waals surface area contributed by atoms with Crippen molar-refractivity contribution in [1.29, 1.82) is 0 Å². The van der Waals surface area contributed by atoms with Gasteiger partial charge in [-0.1, -0.05) is 0 Å². The Hall–Kier alpha value is -1.76. The maximum absolute atomic E-state index is 5.51. The van der Waals surface area contributed by atoms with Crippen LogP contribution < -0.4 is 0 Å². The van der Waals surface area contributed by atoms with Crippen LogP contribution in [0.5, 0.6) is 0 Å². The Morgan fingerprint density at radius 3 is 2.88 bits per heavy atom. The molecule has 2 saturated heterocycles. The first-order valence-electron chi connectivity index (χ1n) is 8.76. The maximum Gasteiger partial charge on any atom is 0.117 e. The fourth-order valence-electron chi connectivity index (χ4n) is 3.60. The minimum absolute atomic E-state index is 0.340. The fraction of sp³-hybridized carbons (Fsp3) is 0.556. The van der Waals surface area contributed by atoms with Gasteiger partial charge in [0.15, 0.2) is 0 Å². The molecule has 0 N–H and O–H groups in total. The van der Waals surface area contributed by atoms with E-state index in [1.165, 1.54) is 6.42 Å². The monoisotopic (exact) mass is 328 g/mol. The first-order valence-corrected chi connectivity index (χ1v) is 8.76. The van der Waals surface area contributed by atoms with Gasteiger partial charge in [-0.15, -0.1) is 0 Å². The largest absolute Gasteiger partial charge is 0.468 e. The van der Waals surface area contributed by atoms with Crippen LogP contribution in [0.2, 0.25) is 0 Å². The van der Waals surface area contributed by atoms with Crippen LogP contribution in [0.3, 0.4) is 0 Å². The minimum Gasteiger partial charge on any atom is -0.468 e. The summed E-state index contributed by atoms with van der Waals surface area (Å²) in [4.78, 5) is 14.2. The smallest absolute Gasteiger partial charge is 0.117 e. The average Bonchev–Trinajstić information content (AvgIpc) is 3.28. The van der Waals surface area contributed by atoms with E-state index in [9.17, 15) is 0 Å². The molecule has 4 heterocycles. The van der Waals surface area contributed by atoms with Crippen LogP contribution in [0.1, 0.15) is 36.0 Å². The van der Waals surface area contributed by atoms with Crippen molar-refractivity contribution >= 4 is 0 Å². The average molecular weight is 328 g/mol. The van der Waals surface area contributed by atoms with E-state index in [-0.39, 0.29) is 0 Å². The Bertz CT molecular complexity index is 640. The van der Waals surface area contributed by atoms with Gasteiger partial charge in [-0.2, -0.15) is 0 Å². The van der Waals surface area contributed by atoms with Crippen LogP contribution in [-0.4, -0.2) is 52.6 Å². The van der Waals surface area contributed by atoms with E-state index < -0.39 is 0 Å². The predicted molar refractivity (Wildman–Crippen MR) is 89.2 cm³/mol. The molecule has 0 radical (unpaired) electrons. The third-order valence-electron chi connectivity index (χ3n) is 4.84. The Morgan fingerprint density at radius 1 is 1.12 bits per heavy atom. The lowest BCUT2D eigenvalue weighted by Gasteiger charge is -2.27. The van der Waals surface area contributed by atoms with Crippen molar-refractivity contribution in [2.45, 2.75) is 32.0 Å². The zero-order valence-electron chi connectivity index (χ0n) is 13.9. The Morgan fingerprint density at radius 2 is 2.04 bits per heavy atom. The molecule has 0 spiro atoms. The second kappa shape index (κ2) is 7.42. The molecule has 0 amide bonds. The van der Waals surface area contributed by atoms with Crippen molar-refractivity contribution in [3.63, 3.8) is 0 Å². The zero-order valence-corrected chi connectivity index (χ0v) is 13.9. The van der Waals surface area contributed by atoms with Gasteiger partial charge < -0.3 is 9.15 Å². The number of aromatic nitrogens is 2. The van der Waals surface area contributed by atoms with Crippen LogP contribution in [0, 0.1) is 0 Å². The number of rotatable bonds is 5. The van der Waals surface area contributed by atoms with Gasteiger partial charge in [0.25, 0.3) is 0 Å². The highest BCUT2D eigenvalue weighted by Gasteiger charge is 2.28. The maximum atomic E-state index is 5.51. The van der Waals surface area contributed by atoms with Crippen molar-refractivity contribution in [2.24, 2.45) is 0 Å². The standard InChI is InChI=1S/C18H24N4O2/c1-4-18(22(5-1)14-16-3-2-8-24-16)17-12-19-11-15(20-17)13-21-6-9-23-10-7-21/h2-3,8,11-12,18H,1,4-7,9-10,13-14H2. The van der Waals surface area contributed by atoms with E-state index in [0.717, 1.165) is 69.5 Å². The zero-order chi connectivity index (χ0) is 16.2. The molecule has 1 unspecified atom stereocenters. The molecule has 0 aliphatic carbocycles. The normalized spacial score (nSPS) is 22.9. The van der Waals surface area contributed by atoms with E-state index in [1.807, 2.05) is 24.5 Å². The van der Waals surface area contributed by atoms with Gasteiger partial charge >= 0.3 is 0 Å². The SMILES string of the molecule is c1coc(CN2CCCC2c2cncc(CN3CCOCC3)n2)c1. The molecular formula is C18H24N4O2. The highest BCUT2D eigenvalue weighted by Crippen LogP contribution is 2.32. The number of hydrogen-bond acceptors (Lipinski definition) is 6. The summed E-state index contributed by atoms with van der Waals surface area (Å²) in [6, 6.07) is 4.33. The van der Waals surface area contributed by atoms with E-state index in [1.54, 1.807) is 6.26 Å². The van der Waals surface area contributed by atoms with Crippen molar-refractivity contribution in [1.82, 2.24) is 19.8 Å². The Kier molecular flexibility index (Phi) is 4.87. The number of ether oxygens (including phenoxy) is 1. The molecular weight excluding hydrogens is 304 g/mol. The van der Waals surface area contributed by atoms with Gasteiger partial charge in [0.1, 0.15) is 5.76 Å². The van der Waals surface area contributed by atoms with Crippen molar-refractivity contribution in [2.75, 3.05) is 32.8 Å². The topological polar surface area (TPSA) is 54.6 Å². The molecule has 6 heteroatoms. The van der Waals surface area contributed by atoms with Gasteiger partial charge in [-0.25, -0.2) is 0 Å². The predicted octanol–water partition coefficient (Wildman–Crippen LogP) is 2.24. The minimum atomic E-state index is 0.340. The lowest BCUT2D eigenvalue weighted by atomic mass is 10.1. The summed E-state index contributed by atoms with van der Waals surface area (Å²) in [6.45, 7) is 6.35. The highest BCUT2D eigenvalue weighted by molar-refractivity contribution is 5.11. The van der Waals surface area contributed by atoms with Crippen molar-refractivity contribution in [3.8, 4) is 0 Å². The van der Waals surface area contributed by atoms with Gasteiger partial charge in [0.2, 0.25) is 0 Å². The van der Waals surface area contributed by atoms with E-state index in [4.69, 9.17) is 14.1 Å². The molecule has 4 rings (SSSR count). The molecule has 0 aromatic carbocycles.